The fraction of sp³-hybridized carbons (Fsp3) is 0.0833. The van der Waals surface area contributed by atoms with Crippen LogP contribution in [0.5, 0.6) is 0 Å². The average molecular weight is 473 g/mol. The van der Waals surface area contributed by atoms with Crippen LogP contribution in [0.2, 0.25) is 0 Å². The van der Waals surface area contributed by atoms with Crippen molar-refractivity contribution >= 4 is 56.8 Å². The lowest BCUT2D eigenvalue weighted by molar-refractivity contribution is -0.120. The van der Waals surface area contributed by atoms with Crippen molar-refractivity contribution < 1.29 is 9.59 Å². The summed E-state index contributed by atoms with van der Waals surface area (Å²) in [5.41, 5.74) is 0.387. The van der Waals surface area contributed by atoms with Crippen LogP contribution in [-0.2, 0) is 9.59 Å². The zero-order valence-electron chi connectivity index (χ0n) is 17.3. The van der Waals surface area contributed by atoms with Gasteiger partial charge in [-0.05, 0) is 23.6 Å². The van der Waals surface area contributed by atoms with Crippen molar-refractivity contribution in [2.24, 2.45) is 10.5 Å². The second-order valence-corrected chi connectivity index (χ2v) is 8.92. The number of rotatable bonds is 3. The number of hydrazone groups is 1. The van der Waals surface area contributed by atoms with Crippen LogP contribution in [0.1, 0.15) is 12.5 Å². The Hall–Kier alpha value is -3.82. The summed E-state index contributed by atoms with van der Waals surface area (Å²) in [6.07, 6.45) is 1.38. The zero-order valence-corrected chi connectivity index (χ0v) is 18.9. The first-order chi connectivity index (χ1) is 15.9. The molecule has 3 aromatic rings. The minimum atomic E-state index is -1.47. The third kappa shape index (κ3) is 3.33. The van der Waals surface area contributed by atoms with E-state index in [9.17, 15) is 14.4 Å². The molecule has 2 aliphatic rings. The number of carbonyl (C=O) groups is 2. The summed E-state index contributed by atoms with van der Waals surface area (Å²) in [5.74, 6) is -0.897. The molecule has 1 spiro atoms. The van der Waals surface area contributed by atoms with E-state index < -0.39 is 22.8 Å². The van der Waals surface area contributed by atoms with Crippen molar-refractivity contribution in [3.05, 3.63) is 88.7 Å². The van der Waals surface area contributed by atoms with Crippen molar-refractivity contribution in [2.75, 3.05) is 5.01 Å². The highest BCUT2D eigenvalue weighted by atomic mass is 32.1. The summed E-state index contributed by atoms with van der Waals surface area (Å²) in [4.78, 5) is 43.4. The first-order valence-corrected chi connectivity index (χ1v) is 11.2. The maximum absolute atomic E-state index is 13.9. The van der Waals surface area contributed by atoms with Gasteiger partial charge in [-0.2, -0.15) is 15.1 Å². The van der Waals surface area contributed by atoms with Gasteiger partial charge in [0.1, 0.15) is 4.99 Å². The van der Waals surface area contributed by atoms with E-state index in [1.165, 1.54) is 23.5 Å². The molecule has 162 valence electrons. The van der Waals surface area contributed by atoms with E-state index in [0.717, 1.165) is 10.6 Å². The highest BCUT2D eigenvalue weighted by Gasteiger charge is 2.58. The Kier molecular flexibility index (Phi) is 5.07. The van der Waals surface area contributed by atoms with E-state index in [2.05, 4.69) is 15.4 Å². The van der Waals surface area contributed by atoms with Gasteiger partial charge in [-0.3, -0.25) is 14.4 Å². The Bertz CT molecular complexity index is 1430. The molecular formula is C24H16N4O3S2. The number of amides is 2. The van der Waals surface area contributed by atoms with Crippen molar-refractivity contribution in [3.63, 3.8) is 0 Å². The first kappa shape index (κ1) is 21.0. The third-order valence-electron chi connectivity index (χ3n) is 5.55. The molecule has 0 radical (unpaired) electrons. The second-order valence-electron chi connectivity index (χ2n) is 7.50. The normalized spacial score (nSPS) is 20.0. The van der Waals surface area contributed by atoms with Gasteiger partial charge in [0.2, 0.25) is 11.0 Å². The highest BCUT2D eigenvalue weighted by molar-refractivity contribution is 7.80. The monoisotopic (exact) mass is 472 g/mol. The molecule has 2 aromatic carbocycles. The van der Waals surface area contributed by atoms with E-state index in [-0.39, 0.29) is 10.1 Å². The van der Waals surface area contributed by atoms with Crippen LogP contribution in [0.4, 0.5) is 5.13 Å². The second kappa shape index (κ2) is 7.95. The Morgan fingerprint density at radius 3 is 2.27 bits per heavy atom. The molecule has 5 rings (SSSR count). The summed E-state index contributed by atoms with van der Waals surface area (Å²) in [5, 5.41) is 8.33. The summed E-state index contributed by atoms with van der Waals surface area (Å²) >= 11 is 6.71. The predicted octanol–water partition coefficient (Wildman–Crippen LogP) is 3.42. The lowest BCUT2D eigenvalue weighted by Crippen LogP contribution is -2.55. The standard InChI is InChI=1S/C24H16N4O3S2/c1-14-24(17(12-19(29)25-21(24)32)15-8-4-2-5-9-15)22(31)28(27-14)23-26-20(30)13-18(33-23)16-10-6-3-7-11-16/h2-13H,1H3,(H,25,29,32). The Labute approximate surface area is 198 Å². The number of thiocarbonyl (C=S) groups is 1. The van der Waals surface area contributed by atoms with Gasteiger partial charge in [0.15, 0.2) is 5.41 Å². The van der Waals surface area contributed by atoms with E-state index in [1.54, 1.807) is 6.92 Å². The molecule has 0 saturated carbocycles. The van der Waals surface area contributed by atoms with Gasteiger partial charge in [-0.25, -0.2) is 0 Å². The van der Waals surface area contributed by atoms with Crippen molar-refractivity contribution in [3.8, 4) is 10.4 Å². The molecular weight excluding hydrogens is 456 g/mol. The van der Waals surface area contributed by atoms with Gasteiger partial charge in [0, 0.05) is 17.0 Å². The van der Waals surface area contributed by atoms with Crippen LogP contribution in [-0.4, -0.2) is 27.5 Å². The minimum Gasteiger partial charge on any atom is -0.315 e. The molecule has 1 aromatic heterocycles. The number of benzene rings is 2. The molecule has 1 unspecified atom stereocenters. The third-order valence-corrected chi connectivity index (χ3v) is 6.98. The Morgan fingerprint density at radius 1 is 0.970 bits per heavy atom. The lowest BCUT2D eigenvalue weighted by atomic mass is 9.71. The highest BCUT2D eigenvalue weighted by Crippen LogP contribution is 2.46. The van der Waals surface area contributed by atoms with Gasteiger partial charge < -0.3 is 5.32 Å². The summed E-state index contributed by atoms with van der Waals surface area (Å²) in [7, 11) is 0. The molecule has 1 atom stereocenters. The van der Waals surface area contributed by atoms with Gasteiger partial charge in [0.05, 0.1) is 5.71 Å². The number of hydrogen-bond acceptors (Lipinski definition) is 7. The summed E-state index contributed by atoms with van der Waals surface area (Å²) in [6.45, 7) is 1.68. The molecule has 0 saturated heterocycles. The van der Waals surface area contributed by atoms with E-state index >= 15 is 0 Å². The molecule has 9 heteroatoms. The maximum Gasteiger partial charge on any atom is 0.273 e. The van der Waals surface area contributed by atoms with Gasteiger partial charge >= 0.3 is 0 Å². The van der Waals surface area contributed by atoms with Gasteiger partial charge in [0.25, 0.3) is 11.5 Å². The van der Waals surface area contributed by atoms with Crippen LogP contribution in [0.3, 0.4) is 0 Å². The van der Waals surface area contributed by atoms with Crippen LogP contribution < -0.4 is 15.9 Å². The zero-order chi connectivity index (χ0) is 23.2. The fourth-order valence-corrected chi connectivity index (χ4v) is 5.43. The first-order valence-electron chi connectivity index (χ1n) is 10.0. The van der Waals surface area contributed by atoms with E-state index in [1.807, 2.05) is 60.7 Å². The number of aromatic nitrogens is 1. The molecule has 0 aliphatic carbocycles. The molecule has 0 bridgehead atoms. The number of carbonyl (C=O) groups excluding carboxylic acids is 2. The SMILES string of the molecule is CC1=NN(c2nc(=O)cc(-c3ccccc3)s2)C(=O)C12C(=S)NC(=O)C=C2c1ccccc1. The van der Waals surface area contributed by atoms with Crippen LogP contribution in [0.25, 0.3) is 16.0 Å². The number of hydrogen-bond donors (Lipinski definition) is 1. The van der Waals surface area contributed by atoms with Crippen LogP contribution >= 0.6 is 23.6 Å². The van der Waals surface area contributed by atoms with Crippen molar-refractivity contribution in [1.82, 2.24) is 10.3 Å². The molecule has 3 heterocycles. The van der Waals surface area contributed by atoms with Crippen LogP contribution in [0, 0.1) is 5.41 Å². The van der Waals surface area contributed by atoms with Gasteiger partial charge in [-0.1, -0.05) is 84.2 Å². The van der Waals surface area contributed by atoms with Gasteiger partial charge in [-0.15, -0.1) is 0 Å². The smallest absolute Gasteiger partial charge is 0.273 e. The molecule has 0 fully saturated rings. The molecule has 2 aliphatic heterocycles. The Balaban J connectivity index is 1.65. The number of nitrogens with one attached hydrogen (secondary N) is 1. The predicted molar refractivity (Wildman–Crippen MR) is 132 cm³/mol. The quantitative estimate of drug-likeness (QED) is 0.590. The summed E-state index contributed by atoms with van der Waals surface area (Å²) < 4.78 is 0. The van der Waals surface area contributed by atoms with Crippen molar-refractivity contribution in [2.45, 2.75) is 6.92 Å². The van der Waals surface area contributed by atoms with Crippen molar-refractivity contribution in [1.29, 1.82) is 0 Å². The summed E-state index contributed by atoms with van der Waals surface area (Å²) in [6, 6.07) is 19.9. The number of nitrogens with zero attached hydrogens (tertiary/aromatic N) is 3. The maximum atomic E-state index is 13.9. The molecule has 7 nitrogen and oxygen atoms in total. The molecule has 1 N–H and O–H groups in total. The number of anilines is 1. The molecule has 2 amide bonds. The topological polar surface area (TPSA) is 91.7 Å². The average Bonchev–Trinajstić information content (AvgIpc) is 3.08. The fourth-order valence-electron chi connectivity index (χ4n) is 4.03. The largest absolute Gasteiger partial charge is 0.315 e. The van der Waals surface area contributed by atoms with Crippen LogP contribution in [0.15, 0.2) is 82.7 Å². The van der Waals surface area contributed by atoms with E-state index in [0.29, 0.717) is 21.7 Å². The lowest BCUT2D eigenvalue weighted by Gasteiger charge is -2.34. The minimum absolute atomic E-state index is 0.0502. The van der Waals surface area contributed by atoms with E-state index in [4.69, 9.17) is 12.2 Å². The Morgan fingerprint density at radius 2 is 1.61 bits per heavy atom. The molecule has 33 heavy (non-hydrogen) atoms.